The van der Waals surface area contributed by atoms with Gasteiger partial charge in [0.05, 0.1) is 6.61 Å². The van der Waals surface area contributed by atoms with Gasteiger partial charge in [-0.3, -0.25) is 0 Å². The van der Waals surface area contributed by atoms with Crippen LogP contribution in [0, 0.1) is 13.8 Å². The summed E-state index contributed by atoms with van der Waals surface area (Å²) in [4.78, 5) is 0. The van der Waals surface area contributed by atoms with E-state index in [1.54, 1.807) is 0 Å². The van der Waals surface area contributed by atoms with Gasteiger partial charge in [0.2, 0.25) is 0 Å². The summed E-state index contributed by atoms with van der Waals surface area (Å²) in [5.41, 5.74) is 10.2. The van der Waals surface area contributed by atoms with Gasteiger partial charge in [0, 0.05) is 6.04 Å². The second-order valence-corrected chi connectivity index (χ2v) is 5.45. The van der Waals surface area contributed by atoms with Crippen molar-refractivity contribution in [1.82, 2.24) is 0 Å². The standard InChI is InChI=1S/C16H25NO/c1-4-18-16-10-9-15(11(2)12(16)3)13-5-7-14(17)8-6-13/h9-10,13-14H,4-8,17H2,1-3H3. The molecule has 1 fully saturated rings. The maximum Gasteiger partial charge on any atom is 0.122 e. The molecule has 100 valence electrons. The van der Waals surface area contributed by atoms with Gasteiger partial charge in [-0.1, -0.05) is 6.07 Å². The monoisotopic (exact) mass is 247 g/mol. The van der Waals surface area contributed by atoms with E-state index in [9.17, 15) is 0 Å². The molecule has 2 N–H and O–H groups in total. The van der Waals surface area contributed by atoms with E-state index in [1.807, 2.05) is 6.92 Å². The molecule has 0 unspecified atom stereocenters. The quantitative estimate of drug-likeness (QED) is 0.884. The molecule has 0 bridgehead atoms. The zero-order valence-electron chi connectivity index (χ0n) is 11.8. The van der Waals surface area contributed by atoms with Crippen molar-refractivity contribution in [1.29, 1.82) is 0 Å². The number of hydrogen-bond donors (Lipinski definition) is 1. The van der Waals surface area contributed by atoms with Crippen molar-refractivity contribution < 1.29 is 4.74 Å². The highest BCUT2D eigenvalue weighted by molar-refractivity contribution is 5.45. The maximum atomic E-state index is 5.99. The molecular weight excluding hydrogens is 222 g/mol. The summed E-state index contributed by atoms with van der Waals surface area (Å²) in [5.74, 6) is 1.73. The van der Waals surface area contributed by atoms with Crippen molar-refractivity contribution >= 4 is 0 Å². The van der Waals surface area contributed by atoms with Gasteiger partial charge in [-0.25, -0.2) is 0 Å². The number of nitrogens with two attached hydrogens (primary N) is 1. The zero-order chi connectivity index (χ0) is 13.1. The van der Waals surface area contributed by atoms with Crippen molar-refractivity contribution in [3.63, 3.8) is 0 Å². The van der Waals surface area contributed by atoms with E-state index in [0.29, 0.717) is 12.0 Å². The molecule has 0 saturated heterocycles. The van der Waals surface area contributed by atoms with Crippen LogP contribution in [0.4, 0.5) is 0 Å². The van der Waals surface area contributed by atoms with Crippen LogP contribution in [0.3, 0.4) is 0 Å². The number of rotatable bonds is 3. The Morgan fingerprint density at radius 1 is 1.11 bits per heavy atom. The zero-order valence-corrected chi connectivity index (χ0v) is 11.8. The lowest BCUT2D eigenvalue weighted by molar-refractivity contribution is 0.337. The Balaban J connectivity index is 2.21. The molecular formula is C16H25NO. The van der Waals surface area contributed by atoms with Crippen LogP contribution in [0.1, 0.15) is 55.2 Å². The fourth-order valence-corrected chi connectivity index (χ4v) is 3.00. The predicted molar refractivity (Wildman–Crippen MR) is 76.3 cm³/mol. The Labute approximate surface area is 111 Å². The van der Waals surface area contributed by atoms with E-state index in [-0.39, 0.29) is 0 Å². The van der Waals surface area contributed by atoms with Crippen LogP contribution in [0.15, 0.2) is 12.1 Å². The molecule has 0 atom stereocenters. The molecule has 0 aromatic heterocycles. The molecule has 1 aromatic rings. The summed E-state index contributed by atoms with van der Waals surface area (Å²) < 4.78 is 5.66. The summed E-state index contributed by atoms with van der Waals surface area (Å²) in [7, 11) is 0. The molecule has 1 aromatic carbocycles. The predicted octanol–water partition coefficient (Wildman–Crippen LogP) is 3.69. The second-order valence-electron chi connectivity index (χ2n) is 5.45. The fourth-order valence-electron chi connectivity index (χ4n) is 3.00. The number of hydrogen-bond acceptors (Lipinski definition) is 2. The highest BCUT2D eigenvalue weighted by Gasteiger charge is 2.22. The average Bonchev–Trinajstić information content (AvgIpc) is 2.37. The minimum Gasteiger partial charge on any atom is -0.494 e. The van der Waals surface area contributed by atoms with Crippen molar-refractivity contribution in [2.45, 2.75) is 58.4 Å². The molecule has 1 saturated carbocycles. The van der Waals surface area contributed by atoms with Crippen molar-refractivity contribution in [2.24, 2.45) is 5.73 Å². The normalized spacial score (nSPS) is 24.0. The Morgan fingerprint density at radius 2 is 1.78 bits per heavy atom. The Morgan fingerprint density at radius 3 is 2.39 bits per heavy atom. The minimum atomic E-state index is 0.422. The third-order valence-corrected chi connectivity index (χ3v) is 4.29. The van der Waals surface area contributed by atoms with E-state index in [4.69, 9.17) is 10.5 Å². The van der Waals surface area contributed by atoms with E-state index in [2.05, 4.69) is 26.0 Å². The van der Waals surface area contributed by atoms with Gasteiger partial charge in [0.1, 0.15) is 5.75 Å². The van der Waals surface area contributed by atoms with E-state index < -0.39 is 0 Å². The van der Waals surface area contributed by atoms with Gasteiger partial charge in [0.25, 0.3) is 0 Å². The summed E-state index contributed by atoms with van der Waals surface area (Å²) in [6, 6.07) is 4.82. The SMILES string of the molecule is CCOc1ccc(C2CCC(N)CC2)c(C)c1C. The molecule has 2 heteroatoms. The molecule has 0 amide bonds. The van der Waals surface area contributed by atoms with E-state index >= 15 is 0 Å². The average molecular weight is 247 g/mol. The number of ether oxygens (including phenoxy) is 1. The summed E-state index contributed by atoms with van der Waals surface area (Å²) >= 11 is 0. The van der Waals surface area contributed by atoms with Crippen molar-refractivity contribution in [3.05, 3.63) is 28.8 Å². The highest BCUT2D eigenvalue weighted by atomic mass is 16.5. The third-order valence-electron chi connectivity index (χ3n) is 4.29. The minimum absolute atomic E-state index is 0.422. The molecule has 18 heavy (non-hydrogen) atoms. The molecule has 2 rings (SSSR count). The van der Waals surface area contributed by atoms with Gasteiger partial charge in [0.15, 0.2) is 0 Å². The van der Waals surface area contributed by atoms with Gasteiger partial charge in [-0.05, 0) is 75.1 Å². The van der Waals surface area contributed by atoms with Crippen LogP contribution >= 0.6 is 0 Å². The molecule has 1 aliphatic rings. The van der Waals surface area contributed by atoms with Gasteiger partial charge < -0.3 is 10.5 Å². The molecule has 2 nitrogen and oxygen atoms in total. The molecule has 1 aliphatic carbocycles. The maximum absolute atomic E-state index is 5.99. The first kappa shape index (κ1) is 13.4. The van der Waals surface area contributed by atoms with Crippen LogP contribution in [0.2, 0.25) is 0 Å². The first-order valence-corrected chi connectivity index (χ1v) is 7.12. The molecule has 0 radical (unpaired) electrons. The first-order valence-electron chi connectivity index (χ1n) is 7.12. The highest BCUT2D eigenvalue weighted by Crippen LogP contribution is 2.36. The Kier molecular flexibility index (Phi) is 4.28. The van der Waals surface area contributed by atoms with Crippen LogP contribution in [0.25, 0.3) is 0 Å². The van der Waals surface area contributed by atoms with Crippen LogP contribution in [-0.4, -0.2) is 12.6 Å². The summed E-state index contributed by atoms with van der Waals surface area (Å²) in [6.07, 6.45) is 4.79. The molecule has 0 heterocycles. The van der Waals surface area contributed by atoms with Gasteiger partial charge in [-0.15, -0.1) is 0 Å². The van der Waals surface area contributed by atoms with Crippen LogP contribution < -0.4 is 10.5 Å². The Hall–Kier alpha value is -1.02. The van der Waals surface area contributed by atoms with Crippen LogP contribution in [0.5, 0.6) is 5.75 Å². The summed E-state index contributed by atoms with van der Waals surface area (Å²) in [6.45, 7) is 7.16. The first-order chi connectivity index (χ1) is 8.63. The second kappa shape index (κ2) is 5.75. The fraction of sp³-hybridized carbons (Fsp3) is 0.625. The molecule has 0 aliphatic heterocycles. The smallest absolute Gasteiger partial charge is 0.122 e. The van der Waals surface area contributed by atoms with Crippen molar-refractivity contribution in [3.8, 4) is 5.75 Å². The lowest BCUT2D eigenvalue weighted by atomic mass is 9.80. The lowest BCUT2D eigenvalue weighted by Gasteiger charge is -2.28. The Bertz CT molecular complexity index is 406. The lowest BCUT2D eigenvalue weighted by Crippen LogP contribution is -2.26. The van der Waals surface area contributed by atoms with E-state index in [1.165, 1.54) is 29.5 Å². The number of benzene rings is 1. The van der Waals surface area contributed by atoms with E-state index in [0.717, 1.165) is 25.2 Å². The van der Waals surface area contributed by atoms with Gasteiger partial charge >= 0.3 is 0 Å². The molecule has 0 spiro atoms. The van der Waals surface area contributed by atoms with Gasteiger partial charge in [-0.2, -0.15) is 0 Å². The largest absolute Gasteiger partial charge is 0.494 e. The summed E-state index contributed by atoms with van der Waals surface area (Å²) in [5, 5.41) is 0. The van der Waals surface area contributed by atoms with Crippen LogP contribution in [-0.2, 0) is 0 Å². The topological polar surface area (TPSA) is 35.2 Å². The third kappa shape index (κ3) is 2.69. The van der Waals surface area contributed by atoms with Crippen molar-refractivity contribution in [2.75, 3.05) is 6.61 Å².